The maximum absolute atomic E-state index is 3.49. The minimum absolute atomic E-state index is 0.638. The van der Waals surface area contributed by atoms with E-state index in [1.165, 1.54) is 32.1 Å². The topological polar surface area (TPSA) is 12.0 Å². The Balaban J connectivity index is 2.31. The number of nitrogens with one attached hydrogen (secondary N) is 1. The first-order valence-corrected chi connectivity index (χ1v) is 6.62. The summed E-state index contributed by atoms with van der Waals surface area (Å²) < 4.78 is 0. The number of fused-ring (bicyclic) bond motifs is 1. The highest BCUT2D eigenvalue weighted by Crippen LogP contribution is 2.33. The molecule has 0 radical (unpaired) electrons. The van der Waals surface area contributed by atoms with E-state index < -0.39 is 0 Å². The summed E-state index contributed by atoms with van der Waals surface area (Å²) in [6.07, 6.45) is 6.56. The van der Waals surface area contributed by atoms with Crippen molar-refractivity contribution >= 4 is 0 Å². The predicted octanol–water partition coefficient (Wildman–Crippen LogP) is 3.49. The Morgan fingerprint density at radius 2 is 2.12 bits per heavy atom. The van der Waals surface area contributed by atoms with Crippen molar-refractivity contribution in [3.05, 3.63) is 35.4 Å². The molecule has 1 aliphatic carbocycles. The van der Waals surface area contributed by atoms with E-state index in [4.69, 9.17) is 0 Å². The number of rotatable bonds is 3. The maximum Gasteiger partial charge on any atom is 0.0130 e. The molecule has 1 nitrogen and oxygen atoms in total. The van der Waals surface area contributed by atoms with Crippen LogP contribution >= 0.6 is 0 Å². The average molecular weight is 217 g/mol. The van der Waals surface area contributed by atoms with Gasteiger partial charge in [0.25, 0.3) is 0 Å². The molecule has 0 aromatic heterocycles. The lowest BCUT2D eigenvalue weighted by atomic mass is 9.85. The van der Waals surface area contributed by atoms with Crippen molar-refractivity contribution in [3.63, 3.8) is 0 Å². The van der Waals surface area contributed by atoms with Crippen molar-refractivity contribution in [2.24, 2.45) is 0 Å². The molecule has 0 saturated carbocycles. The average Bonchev–Trinajstić information content (AvgIpc) is 2.54. The highest BCUT2D eigenvalue weighted by molar-refractivity contribution is 5.32. The van der Waals surface area contributed by atoms with Crippen molar-refractivity contribution in [1.82, 2.24) is 5.32 Å². The zero-order valence-electron chi connectivity index (χ0n) is 10.5. The van der Waals surface area contributed by atoms with Gasteiger partial charge in [-0.15, -0.1) is 0 Å². The van der Waals surface area contributed by atoms with Gasteiger partial charge >= 0.3 is 0 Å². The second-order valence-electron chi connectivity index (χ2n) is 4.85. The van der Waals surface area contributed by atoms with Crippen molar-refractivity contribution in [3.8, 4) is 0 Å². The SMILES string of the molecule is CCC(NC)C1CCCCc2ccccc21. The molecule has 0 amide bonds. The normalized spacial score (nSPS) is 22.2. The number of hydrogen-bond acceptors (Lipinski definition) is 1. The molecule has 16 heavy (non-hydrogen) atoms. The highest BCUT2D eigenvalue weighted by atomic mass is 14.9. The molecule has 1 aromatic carbocycles. The second kappa shape index (κ2) is 5.49. The van der Waals surface area contributed by atoms with Crippen LogP contribution in [0.25, 0.3) is 0 Å². The molecule has 1 heteroatoms. The van der Waals surface area contributed by atoms with Crippen LogP contribution in [0.3, 0.4) is 0 Å². The van der Waals surface area contributed by atoms with E-state index in [9.17, 15) is 0 Å². The minimum atomic E-state index is 0.638. The summed E-state index contributed by atoms with van der Waals surface area (Å²) in [5.74, 6) is 0.716. The van der Waals surface area contributed by atoms with Gasteiger partial charge in [0.05, 0.1) is 0 Å². The largest absolute Gasteiger partial charge is 0.316 e. The lowest BCUT2D eigenvalue weighted by molar-refractivity contribution is 0.424. The summed E-state index contributed by atoms with van der Waals surface area (Å²) in [4.78, 5) is 0. The fourth-order valence-electron chi connectivity index (χ4n) is 3.07. The Bertz CT molecular complexity index is 328. The molecule has 2 atom stereocenters. The molecule has 0 spiro atoms. The summed E-state index contributed by atoms with van der Waals surface area (Å²) in [6.45, 7) is 2.29. The van der Waals surface area contributed by atoms with Crippen LogP contribution in [0.5, 0.6) is 0 Å². The lowest BCUT2D eigenvalue weighted by Gasteiger charge is -2.26. The van der Waals surface area contributed by atoms with Gasteiger partial charge in [-0.25, -0.2) is 0 Å². The van der Waals surface area contributed by atoms with Gasteiger partial charge in [0, 0.05) is 6.04 Å². The van der Waals surface area contributed by atoms with Crippen LogP contribution in [0.2, 0.25) is 0 Å². The van der Waals surface area contributed by atoms with E-state index in [1.807, 2.05) is 0 Å². The number of likely N-dealkylation sites (N-methyl/N-ethyl adjacent to an activating group) is 1. The molecule has 1 aromatic rings. The van der Waals surface area contributed by atoms with Gasteiger partial charge in [-0.1, -0.05) is 37.6 Å². The van der Waals surface area contributed by atoms with Crippen LogP contribution in [0, 0.1) is 0 Å². The van der Waals surface area contributed by atoms with Gasteiger partial charge in [0.2, 0.25) is 0 Å². The van der Waals surface area contributed by atoms with Gasteiger partial charge in [0.15, 0.2) is 0 Å². The van der Waals surface area contributed by atoms with Crippen LogP contribution in [0.4, 0.5) is 0 Å². The van der Waals surface area contributed by atoms with E-state index in [0.29, 0.717) is 12.0 Å². The summed E-state index contributed by atoms with van der Waals surface area (Å²) in [5, 5.41) is 3.49. The molecule has 0 saturated heterocycles. The summed E-state index contributed by atoms with van der Waals surface area (Å²) in [5.41, 5.74) is 3.18. The third-order valence-electron chi connectivity index (χ3n) is 3.96. The Morgan fingerprint density at radius 3 is 2.88 bits per heavy atom. The second-order valence-corrected chi connectivity index (χ2v) is 4.85. The Labute approximate surface area is 99.3 Å². The van der Waals surface area contributed by atoms with Crippen LogP contribution in [-0.4, -0.2) is 13.1 Å². The number of hydrogen-bond donors (Lipinski definition) is 1. The minimum Gasteiger partial charge on any atom is -0.316 e. The van der Waals surface area contributed by atoms with Crippen LogP contribution in [-0.2, 0) is 6.42 Å². The molecule has 0 heterocycles. The Kier molecular flexibility index (Phi) is 4.00. The van der Waals surface area contributed by atoms with E-state index in [2.05, 4.69) is 43.6 Å². The zero-order valence-corrected chi connectivity index (χ0v) is 10.5. The molecule has 2 unspecified atom stereocenters. The molecule has 0 aliphatic heterocycles. The van der Waals surface area contributed by atoms with Crippen LogP contribution in [0.1, 0.15) is 49.7 Å². The van der Waals surface area contributed by atoms with Crippen molar-refractivity contribution in [2.75, 3.05) is 7.05 Å². The Morgan fingerprint density at radius 1 is 1.31 bits per heavy atom. The fraction of sp³-hybridized carbons (Fsp3) is 0.600. The van der Waals surface area contributed by atoms with Crippen molar-refractivity contribution in [1.29, 1.82) is 0 Å². The van der Waals surface area contributed by atoms with E-state index in [1.54, 1.807) is 11.1 Å². The van der Waals surface area contributed by atoms with E-state index in [-0.39, 0.29) is 0 Å². The predicted molar refractivity (Wildman–Crippen MR) is 69.9 cm³/mol. The van der Waals surface area contributed by atoms with E-state index in [0.717, 1.165) is 0 Å². The summed E-state index contributed by atoms with van der Waals surface area (Å²) in [7, 11) is 2.10. The first kappa shape index (κ1) is 11.7. The van der Waals surface area contributed by atoms with Crippen molar-refractivity contribution in [2.45, 2.75) is 51.0 Å². The summed E-state index contributed by atoms with van der Waals surface area (Å²) in [6, 6.07) is 9.67. The van der Waals surface area contributed by atoms with Gasteiger partial charge in [0.1, 0.15) is 0 Å². The molecular formula is C15H23N. The first-order chi connectivity index (χ1) is 7.86. The molecule has 88 valence electrons. The van der Waals surface area contributed by atoms with Crippen molar-refractivity contribution < 1.29 is 0 Å². The monoisotopic (exact) mass is 217 g/mol. The van der Waals surface area contributed by atoms with Crippen LogP contribution < -0.4 is 5.32 Å². The smallest absolute Gasteiger partial charge is 0.0130 e. The third kappa shape index (κ3) is 2.30. The highest BCUT2D eigenvalue weighted by Gasteiger charge is 2.24. The lowest BCUT2D eigenvalue weighted by Crippen LogP contribution is -2.31. The van der Waals surface area contributed by atoms with Crippen LogP contribution in [0.15, 0.2) is 24.3 Å². The first-order valence-electron chi connectivity index (χ1n) is 6.62. The van der Waals surface area contributed by atoms with Gasteiger partial charge in [-0.05, 0) is 49.8 Å². The Hall–Kier alpha value is -0.820. The number of benzene rings is 1. The fourth-order valence-corrected chi connectivity index (χ4v) is 3.07. The zero-order chi connectivity index (χ0) is 11.4. The maximum atomic E-state index is 3.49. The quantitative estimate of drug-likeness (QED) is 0.764. The van der Waals surface area contributed by atoms with Gasteiger partial charge in [-0.3, -0.25) is 0 Å². The molecule has 2 rings (SSSR count). The molecule has 0 fully saturated rings. The summed E-state index contributed by atoms with van der Waals surface area (Å²) >= 11 is 0. The molecular weight excluding hydrogens is 194 g/mol. The molecule has 0 bridgehead atoms. The van der Waals surface area contributed by atoms with Gasteiger partial charge < -0.3 is 5.32 Å². The third-order valence-corrected chi connectivity index (χ3v) is 3.96. The van der Waals surface area contributed by atoms with Gasteiger partial charge in [-0.2, -0.15) is 0 Å². The molecule has 1 aliphatic rings. The standard InChI is InChI=1S/C15H23N/c1-3-15(16-2)14-11-7-5-9-12-8-4-6-10-13(12)14/h4,6,8,10,14-16H,3,5,7,9,11H2,1-2H3. The number of aryl methyl sites for hydroxylation is 1. The van der Waals surface area contributed by atoms with E-state index >= 15 is 0 Å². The molecule has 1 N–H and O–H groups in total.